The van der Waals surface area contributed by atoms with Gasteiger partial charge in [-0.15, -0.1) is 11.6 Å². The Balaban J connectivity index is 3.81. The van der Waals surface area contributed by atoms with Crippen molar-refractivity contribution < 1.29 is 4.84 Å². The Bertz CT molecular complexity index is 105. The highest BCUT2D eigenvalue weighted by molar-refractivity contribution is 7.81. The van der Waals surface area contributed by atoms with Crippen LogP contribution < -0.4 is 0 Å². The van der Waals surface area contributed by atoms with Crippen molar-refractivity contribution in [1.29, 1.82) is 0 Å². The molecule has 4 heteroatoms. The molecule has 1 atom stereocenters. The number of halogens is 1. The zero-order valence-electron chi connectivity index (χ0n) is 5.47. The van der Waals surface area contributed by atoms with Gasteiger partial charge in [-0.1, -0.05) is 5.16 Å². The Kier molecular flexibility index (Phi) is 5.00. The van der Waals surface area contributed by atoms with E-state index in [0.717, 1.165) is 5.71 Å². The first-order chi connectivity index (χ1) is 4.22. The third-order valence-electron chi connectivity index (χ3n) is 0.830. The maximum atomic E-state index is 5.66. The average molecular weight is 168 g/mol. The number of nitrogens with zero attached hydrogens (tertiary/aromatic N) is 1. The largest absolute Gasteiger partial charge is 0.399 e. The molecule has 0 radical (unpaired) electrons. The first-order valence-electron chi connectivity index (χ1n) is 2.57. The van der Waals surface area contributed by atoms with Gasteiger partial charge in [0.15, 0.2) is 0 Å². The maximum Gasteiger partial charge on any atom is 0.106 e. The number of rotatable bonds is 3. The summed E-state index contributed by atoms with van der Waals surface area (Å²) in [5, 5.41) is 3.56. The van der Waals surface area contributed by atoms with E-state index in [2.05, 4.69) is 22.6 Å². The first kappa shape index (κ1) is 9.11. The van der Waals surface area contributed by atoms with Crippen molar-refractivity contribution in [2.45, 2.75) is 12.3 Å². The second-order valence-corrected chi connectivity index (χ2v) is 2.51. The fourth-order valence-electron chi connectivity index (χ4n) is 0.345. The van der Waals surface area contributed by atoms with E-state index in [4.69, 9.17) is 11.6 Å². The third kappa shape index (κ3) is 3.65. The van der Waals surface area contributed by atoms with E-state index < -0.39 is 0 Å². The van der Waals surface area contributed by atoms with Crippen LogP contribution in [0.3, 0.4) is 0 Å². The predicted molar refractivity (Wildman–Crippen MR) is 43.6 cm³/mol. The van der Waals surface area contributed by atoms with Gasteiger partial charge in [0, 0.05) is 5.75 Å². The van der Waals surface area contributed by atoms with Gasteiger partial charge in [-0.3, -0.25) is 0 Å². The minimum Gasteiger partial charge on any atom is -0.399 e. The molecule has 0 amide bonds. The molecule has 0 N–H and O–H groups in total. The van der Waals surface area contributed by atoms with Gasteiger partial charge in [-0.2, -0.15) is 12.6 Å². The van der Waals surface area contributed by atoms with Crippen LogP contribution in [-0.4, -0.2) is 24.0 Å². The van der Waals surface area contributed by atoms with Crippen LogP contribution in [-0.2, 0) is 4.84 Å². The maximum absolute atomic E-state index is 5.66. The van der Waals surface area contributed by atoms with Gasteiger partial charge in [0.05, 0.1) is 11.1 Å². The lowest BCUT2D eigenvalue weighted by molar-refractivity contribution is 0.212. The summed E-state index contributed by atoms with van der Waals surface area (Å²) >= 11 is 9.66. The smallest absolute Gasteiger partial charge is 0.106 e. The Morgan fingerprint density at radius 2 is 2.44 bits per heavy atom. The number of hydrogen-bond acceptors (Lipinski definition) is 3. The molecule has 0 rings (SSSR count). The summed E-state index contributed by atoms with van der Waals surface area (Å²) in [4.78, 5) is 4.51. The first-order valence-corrected chi connectivity index (χ1v) is 3.64. The van der Waals surface area contributed by atoms with Crippen molar-refractivity contribution in [3.63, 3.8) is 0 Å². The third-order valence-corrected chi connectivity index (χ3v) is 1.41. The Morgan fingerprint density at radius 3 is 2.56 bits per heavy atom. The molecule has 1 unspecified atom stereocenters. The van der Waals surface area contributed by atoms with Gasteiger partial charge in [0.2, 0.25) is 0 Å². The van der Waals surface area contributed by atoms with Crippen LogP contribution in [0.2, 0.25) is 0 Å². The van der Waals surface area contributed by atoms with Crippen molar-refractivity contribution >= 4 is 29.9 Å². The molecule has 0 aromatic heterocycles. The highest BCUT2D eigenvalue weighted by atomic mass is 35.5. The van der Waals surface area contributed by atoms with Crippen LogP contribution in [0.15, 0.2) is 5.16 Å². The second-order valence-electron chi connectivity index (χ2n) is 1.54. The van der Waals surface area contributed by atoms with Gasteiger partial charge in [-0.05, 0) is 6.92 Å². The van der Waals surface area contributed by atoms with Gasteiger partial charge in [0.1, 0.15) is 7.11 Å². The van der Waals surface area contributed by atoms with Gasteiger partial charge in [0.25, 0.3) is 0 Å². The fourth-order valence-corrected chi connectivity index (χ4v) is 0.901. The highest BCUT2D eigenvalue weighted by Crippen LogP contribution is 1.99. The summed E-state index contributed by atoms with van der Waals surface area (Å²) in [7, 11) is 1.49. The van der Waals surface area contributed by atoms with Crippen LogP contribution in [0.5, 0.6) is 0 Å². The molecule has 0 aromatic carbocycles. The normalized spacial score (nSPS) is 15.3. The van der Waals surface area contributed by atoms with Gasteiger partial charge in [-0.25, -0.2) is 0 Å². The molecule has 0 aliphatic carbocycles. The van der Waals surface area contributed by atoms with Crippen molar-refractivity contribution in [3.8, 4) is 0 Å². The quantitative estimate of drug-likeness (QED) is 0.293. The molecule has 0 spiro atoms. The van der Waals surface area contributed by atoms with Gasteiger partial charge >= 0.3 is 0 Å². The van der Waals surface area contributed by atoms with Crippen LogP contribution in [0.25, 0.3) is 0 Å². The van der Waals surface area contributed by atoms with E-state index >= 15 is 0 Å². The molecule has 0 saturated carbocycles. The minimum absolute atomic E-state index is 0.0950. The Hall–Kier alpha value is 0.110. The molecule has 9 heavy (non-hydrogen) atoms. The summed E-state index contributed by atoms with van der Waals surface area (Å²) < 4.78 is 0. The summed E-state index contributed by atoms with van der Waals surface area (Å²) in [5.74, 6) is 0.540. The summed E-state index contributed by atoms with van der Waals surface area (Å²) in [5.41, 5.74) is 0.752. The topological polar surface area (TPSA) is 21.6 Å². The lowest BCUT2D eigenvalue weighted by Gasteiger charge is -2.01. The van der Waals surface area contributed by atoms with E-state index in [1.807, 2.05) is 6.92 Å². The number of alkyl halides is 1. The summed E-state index contributed by atoms with van der Waals surface area (Å²) in [6.45, 7) is 1.83. The standard InChI is InChI=1S/C5H10ClNOS/c1-4(6)5(3-9)7-8-2/h4,9H,3H2,1-2H3/b7-5+. The molecule has 0 aromatic rings. The van der Waals surface area contributed by atoms with Crippen molar-refractivity contribution in [2.75, 3.05) is 12.9 Å². The lowest BCUT2D eigenvalue weighted by Crippen LogP contribution is -2.12. The Morgan fingerprint density at radius 1 is 1.89 bits per heavy atom. The monoisotopic (exact) mass is 167 g/mol. The zero-order valence-corrected chi connectivity index (χ0v) is 7.12. The van der Waals surface area contributed by atoms with E-state index in [9.17, 15) is 0 Å². The van der Waals surface area contributed by atoms with Crippen molar-refractivity contribution in [2.24, 2.45) is 5.16 Å². The summed E-state index contributed by atoms with van der Waals surface area (Å²) in [6, 6.07) is 0. The van der Waals surface area contributed by atoms with Crippen LogP contribution >= 0.6 is 24.2 Å². The molecule has 0 saturated heterocycles. The number of hydrogen-bond donors (Lipinski definition) is 1. The molecule has 54 valence electrons. The van der Waals surface area contributed by atoms with Crippen LogP contribution in [0.4, 0.5) is 0 Å². The number of thiol groups is 1. The van der Waals surface area contributed by atoms with Crippen LogP contribution in [0, 0.1) is 0 Å². The van der Waals surface area contributed by atoms with E-state index in [0.29, 0.717) is 5.75 Å². The van der Waals surface area contributed by atoms with Crippen molar-refractivity contribution in [1.82, 2.24) is 0 Å². The van der Waals surface area contributed by atoms with Crippen molar-refractivity contribution in [3.05, 3.63) is 0 Å². The second kappa shape index (κ2) is 4.94. The van der Waals surface area contributed by atoms with E-state index in [1.165, 1.54) is 7.11 Å². The SMILES string of the molecule is CO/N=C(\CS)C(C)Cl. The van der Waals surface area contributed by atoms with Gasteiger partial charge < -0.3 is 4.84 Å². The van der Waals surface area contributed by atoms with Crippen LogP contribution in [0.1, 0.15) is 6.92 Å². The lowest BCUT2D eigenvalue weighted by atomic mass is 10.3. The minimum atomic E-state index is -0.0950. The zero-order chi connectivity index (χ0) is 7.28. The molecule has 0 bridgehead atoms. The predicted octanol–water partition coefficient (Wildman–Crippen LogP) is 1.55. The molecule has 0 aliphatic rings. The Labute approximate surface area is 65.6 Å². The number of oxime groups is 1. The molecule has 0 fully saturated rings. The highest BCUT2D eigenvalue weighted by Gasteiger charge is 2.04. The molecular formula is C5H10ClNOS. The summed E-state index contributed by atoms with van der Waals surface area (Å²) in [6.07, 6.45) is 0. The molecule has 0 heterocycles. The molecule has 2 nitrogen and oxygen atoms in total. The molecule has 0 aliphatic heterocycles. The average Bonchev–Trinajstić information content (AvgIpc) is 1.82. The fraction of sp³-hybridized carbons (Fsp3) is 0.800. The van der Waals surface area contributed by atoms with E-state index in [1.54, 1.807) is 0 Å². The van der Waals surface area contributed by atoms with E-state index in [-0.39, 0.29) is 5.38 Å². The molecular weight excluding hydrogens is 158 g/mol.